The molecule has 0 aliphatic heterocycles. The van der Waals surface area contributed by atoms with Crippen molar-refractivity contribution in [2.45, 2.75) is 50.2 Å². The first-order valence-electron chi connectivity index (χ1n) is 10.1. The number of benzene rings is 1. The molecule has 2 atom stereocenters. The first-order valence-corrected chi connectivity index (χ1v) is 11.6. The summed E-state index contributed by atoms with van der Waals surface area (Å²) in [5, 5.41) is 7.38. The number of amides is 5. The van der Waals surface area contributed by atoms with Gasteiger partial charge >= 0.3 is 7.82 Å². The molecule has 0 aromatic heterocycles. The Kier molecular flexibility index (Phi) is 8.37. The smallest absolute Gasteiger partial charge is 0.404 e. The van der Waals surface area contributed by atoms with Gasteiger partial charge in [-0.05, 0) is 37.0 Å². The van der Waals surface area contributed by atoms with Crippen LogP contribution in [0.5, 0.6) is 5.75 Å². The molecule has 186 valence electrons. The number of hydrogen-bond acceptors (Lipinski definition) is 7. The van der Waals surface area contributed by atoms with Gasteiger partial charge < -0.3 is 31.9 Å². The average Bonchev–Trinajstić information content (AvgIpc) is 2.67. The van der Waals surface area contributed by atoms with Gasteiger partial charge in [0.05, 0.1) is 6.42 Å². The highest BCUT2D eigenvalue weighted by Crippen LogP contribution is 2.38. The van der Waals surface area contributed by atoms with Crippen molar-refractivity contribution in [1.82, 2.24) is 16.0 Å². The minimum absolute atomic E-state index is 0.166. The lowest BCUT2D eigenvalue weighted by atomic mass is 9.75. The largest absolute Gasteiger partial charge is 0.524 e. The van der Waals surface area contributed by atoms with Crippen LogP contribution in [0, 0.1) is 0 Å². The van der Waals surface area contributed by atoms with E-state index < -0.39 is 61.4 Å². The highest BCUT2D eigenvalue weighted by Gasteiger charge is 2.47. The van der Waals surface area contributed by atoms with Crippen molar-refractivity contribution in [3.05, 3.63) is 29.8 Å². The summed E-state index contributed by atoms with van der Waals surface area (Å²) in [5.74, 6) is -4.03. The SMILES string of the molecule is CC(=O)N[C@H](C(=O)NC1(C(=O)N[C@@H](CC(N)=O)C(N)=O)CCC1)c1ccc(OP(=O)(O)O)cc1. The topological polar surface area (TPSA) is 240 Å². The summed E-state index contributed by atoms with van der Waals surface area (Å²) in [6, 6.07) is 2.41. The van der Waals surface area contributed by atoms with E-state index in [4.69, 9.17) is 21.3 Å². The number of phosphoric acid groups is 1. The first kappa shape index (κ1) is 26.8. The van der Waals surface area contributed by atoms with Crippen molar-refractivity contribution < 1.29 is 42.8 Å². The third-order valence-electron chi connectivity index (χ3n) is 5.11. The molecule has 0 saturated heterocycles. The molecule has 0 heterocycles. The summed E-state index contributed by atoms with van der Waals surface area (Å²) in [6.45, 7) is 1.18. The van der Waals surface area contributed by atoms with E-state index in [-0.39, 0.29) is 24.2 Å². The Morgan fingerprint density at radius 2 is 1.68 bits per heavy atom. The van der Waals surface area contributed by atoms with Crippen LogP contribution in [0.1, 0.15) is 44.2 Å². The summed E-state index contributed by atoms with van der Waals surface area (Å²) in [4.78, 5) is 78.1. The van der Waals surface area contributed by atoms with Crippen LogP contribution in [-0.4, -0.2) is 50.9 Å². The fourth-order valence-electron chi connectivity index (χ4n) is 3.33. The van der Waals surface area contributed by atoms with Crippen molar-refractivity contribution in [3.8, 4) is 5.75 Å². The molecule has 0 bridgehead atoms. The zero-order chi connectivity index (χ0) is 25.7. The fraction of sp³-hybridized carbons (Fsp3) is 0.421. The Balaban J connectivity index is 2.22. The third-order valence-corrected chi connectivity index (χ3v) is 5.55. The molecule has 14 nitrogen and oxygen atoms in total. The maximum absolute atomic E-state index is 13.1. The second-order valence-electron chi connectivity index (χ2n) is 7.81. The van der Waals surface area contributed by atoms with Gasteiger partial charge in [-0.25, -0.2) is 4.57 Å². The Morgan fingerprint density at radius 1 is 1.09 bits per heavy atom. The molecule has 1 saturated carbocycles. The van der Waals surface area contributed by atoms with Crippen molar-refractivity contribution >= 4 is 37.4 Å². The Hall–Kier alpha value is -3.48. The van der Waals surface area contributed by atoms with E-state index in [1.807, 2.05) is 0 Å². The summed E-state index contributed by atoms with van der Waals surface area (Å²) >= 11 is 0. The van der Waals surface area contributed by atoms with Crippen LogP contribution in [0.25, 0.3) is 0 Å². The molecule has 34 heavy (non-hydrogen) atoms. The second-order valence-corrected chi connectivity index (χ2v) is 8.97. The van der Waals surface area contributed by atoms with Crippen molar-refractivity contribution in [3.63, 3.8) is 0 Å². The van der Waals surface area contributed by atoms with Crippen LogP contribution < -0.4 is 31.9 Å². The number of nitrogens with two attached hydrogens (primary N) is 2. The predicted molar refractivity (Wildman–Crippen MR) is 115 cm³/mol. The van der Waals surface area contributed by atoms with E-state index in [2.05, 4.69) is 20.5 Å². The van der Waals surface area contributed by atoms with Crippen LogP contribution in [-0.2, 0) is 28.5 Å². The molecule has 9 N–H and O–H groups in total. The van der Waals surface area contributed by atoms with Gasteiger partial charge in [0.1, 0.15) is 23.4 Å². The van der Waals surface area contributed by atoms with E-state index in [0.29, 0.717) is 6.42 Å². The number of hydrogen-bond donors (Lipinski definition) is 7. The molecule has 5 amide bonds. The number of carbonyl (C=O) groups excluding carboxylic acids is 5. The van der Waals surface area contributed by atoms with E-state index in [1.54, 1.807) is 0 Å². The van der Waals surface area contributed by atoms with E-state index in [1.165, 1.54) is 31.2 Å². The van der Waals surface area contributed by atoms with Crippen molar-refractivity contribution in [2.24, 2.45) is 11.5 Å². The molecule has 1 aliphatic carbocycles. The van der Waals surface area contributed by atoms with Crippen LogP contribution in [0.4, 0.5) is 0 Å². The van der Waals surface area contributed by atoms with Crippen LogP contribution in [0.15, 0.2) is 24.3 Å². The van der Waals surface area contributed by atoms with Crippen molar-refractivity contribution in [2.75, 3.05) is 0 Å². The van der Waals surface area contributed by atoms with Gasteiger partial charge in [-0.1, -0.05) is 12.1 Å². The van der Waals surface area contributed by atoms with Gasteiger partial charge in [0, 0.05) is 6.92 Å². The maximum atomic E-state index is 13.1. The quantitative estimate of drug-likeness (QED) is 0.170. The van der Waals surface area contributed by atoms with Crippen LogP contribution >= 0.6 is 7.82 Å². The van der Waals surface area contributed by atoms with E-state index in [0.717, 1.165) is 0 Å². The summed E-state index contributed by atoms with van der Waals surface area (Å²) in [6.07, 6.45) is 0.537. The number of phosphoric ester groups is 1. The summed E-state index contributed by atoms with van der Waals surface area (Å²) in [7, 11) is -4.79. The number of nitrogens with one attached hydrogen (secondary N) is 3. The summed E-state index contributed by atoms with van der Waals surface area (Å²) < 4.78 is 15.4. The molecular weight excluding hydrogens is 473 g/mol. The van der Waals surface area contributed by atoms with Crippen molar-refractivity contribution in [1.29, 1.82) is 0 Å². The normalized spacial score (nSPS) is 16.2. The zero-order valence-corrected chi connectivity index (χ0v) is 19.0. The van der Waals surface area contributed by atoms with Gasteiger partial charge in [0.15, 0.2) is 0 Å². The third kappa shape index (κ3) is 7.27. The van der Waals surface area contributed by atoms with Crippen LogP contribution in [0.2, 0.25) is 0 Å². The van der Waals surface area contributed by atoms with Crippen LogP contribution in [0.3, 0.4) is 0 Å². The molecular formula is C19H26N5O9P. The first-order chi connectivity index (χ1) is 15.7. The minimum Gasteiger partial charge on any atom is -0.404 e. The zero-order valence-electron chi connectivity index (χ0n) is 18.1. The molecule has 1 aliphatic rings. The fourth-order valence-corrected chi connectivity index (χ4v) is 3.73. The lowest BCUT2D eigenvalue weighted by Gasteiger charge is -2.42. The molecule has 0 spiro atoms. The molecule has 1 aromatic rings. The van der Waals surface area contributed by atoms with Gasteiger partial charge in [-0.2, -0.15) is 0 Å². The average molecular weight is 499 g/mol. The van der Waals surface area contributed by atoms with E-state index >= 15 is 0 Å². The summed E-state index contributed by atoms with van der Waals surface area (Å²) in [5.41, 5.74) is 9.13. The predicted octanol–water partition coefficient (Wildman–Crippen LogP) is -1.78. The molecule has 15 heteroatoms. The highest BCUT2D eigenvalue weighted by atomic mass is 31.2. The Labute approximate surface area is 194 Å². The second kappa shape index (κ2) is 10.6. The molecule has 2 rings (SSSR count). The highest BCUT2D eigenvalue weighted by molar-refractivity contribution is 7.46. The van der Waals surface area contributed by atoms with Gasteiger partial charge in [0.25, 0.3) is 0 Å². The Bertz CT molecular complexity index is 1020. The molecule has 0 unspecified atom stereocenters. The lowest BCUT2D eigenvalue weighted by Crippen LogP contribution is -2.66. The molecule has 1 aromatic carbocycles. The molecule has 0 radical (unpaired) electrons. The number of carbonyl (C=O) groups is 5. The maximum Gasteiger partial charge on any atom is 0.524 e. The number of rotatable bonds is 11. The number of primary amides is 2. The monoisotopic (exact) mass is 499 g/mol. The standard InChI is InChI=1S/C19H26N5O9P/c1-10(25)22-15(11-3-5-12(6-4-11)33-34(30,31)32)17(28)24-19(7-2-8-19)18(29)23-13(16(21)27)9-14(20)26/h3-6,13,15H,2,7-9H2,1H3,(H2,20,26)(H2,21,27)(H,22,25)(H,23,29)(H,24,28)(H2,30,31,32)/t13-,15-/m0/s1. The minimum atomic E-state index is -4.79. The van der Waals surface area contributed by atoms with Gasteiger partial charge in [-0.15, -0.1) is 0 Å². The Morgan fingerprint density at radius 3 is 2.09 bits per heavy atom. The van der Waals surface area contributed by atoms with E-state index in [9.17, 15) is 28.5 Å². The van der Waals surface area contributed by atoms with Gasteiger partial charge in [0.2, 0.25) is 29.5 Å². The van der Waals surface area contributed by atoms with Gasteiger partial charge in [-0.3, -0.25) is 33.8 Å². The molecule has 1 fully saturated rings. The lowest BCUT2D eigenvalue weighted by molar-refractivity contribution is -0.140.